The molecule has 7 heteroatoms. The smallest absolute Gasteiger partial charge is 0.319 e. The molecule has 0 bridgehead atoms. The van der Waals surface area contributed by atoms with Gasteiger partial charge in [-0.2, -0.15) is 0 Å². The number of carboxylic acids is 1. The van der Waals surface area contributed by atoms with Crippen LogP contribution in [0.15, 0.2) is 16.6 Å². The summed E-state index contributed by atoms with van der Waals surface area (Å²) in [5.74, 6) is -1.44. The van der Waals surface area contributed by atoms with Crippen LogP contribution in [0.1, 0.15) is 32.3 Å². The number of benzene rings is 1. The maximum atomic E-state index is 14.0. The van der Waals surface area contributed by atoms with Crippen LogP contribution in [-0.4, -0.2) is 22.6 Å². The second kappa shape index (κ2) is 6.89. The Bertz CT molecular complexity index is 561. The van der Waals surface area contributed by atoms with E-state index in [0.717, 1.165) is 0 Å². The van der Waals surface area contributed by atoms with E-state index < -0.39 is 23.4 Å². The minimum absolute atomic E-state index is 0.0565. The van der Waals surface area contributed by atoms with Gasteiger partial charge in [-0.3, -0.25) is 4.79 Å². The number of anilines is 1. The van der Waals surface area contributed by atoms with Crippen molar-refractivity contribution in [2.75, 3.05) is 5.32 Å². The number of amides is 2. The molecule has 0 fully saturated rings. The van der Waals surface area contributed by atoms with Gasteiger partial charge in [-0.05, 0) is 39.3 Å². The summed E-state index contributed by atoms with van der Waals surface area (Å²) in [6.45, 7) is 5.01. The summed E-state index contributed by atoms with van der Waals surface area (Å²) in [6.07, 6.45) is 0.219. The number of nitrogens with one attached hydrogen (secondary N) is 2. The van der Waals surface area contributed by atoms with E-state index in [1.54, 1.807) is 26.8 Å². The molecule has 0 aliphatic heterocycles. The fourth-order valence-electron chi connectivity index (χ4n) is 1.70. The molecule has 0 aliphatic rings. The second-order valence-corrected chi connectivity index (χ2v) is 6.25. The maximum Gasteiger partial charge on any atom is 0.319 e. The number of hydrogen-bond donors (Lipinski definition) is 3. The van der Waals surface area contributed by atoms with E-state index in [1.165, 1.54) is 6.07 Å². The van der Waals surface area contributed by atoms with Crippen molar-refractivity contribution in [3.05, 3.63) is 28.0 Å². The summed E-state index contributed by atoms with van der Waals surface area (Å²) in [5, 5.41) is 13.7. The minimum Gasteiger partial charge on any atom is -0.481 e. The standard InChI is InChI=1S/C14H18BrFN2O3/c1-8-9(15)4-5-10(12(8)16)17-13(21)18-14(2,3)7-6-11(19)20/h4-5H,6-7H2,1-3H3,(H,19,20)(H2,17,18,21). The van der Waals surface area contributed by atoms with Crippen LogP contribution in [0.2, 0.25) is 0 Å². The van der Waals surface area contributed by atoms with Gasteiger partial charge in [0.25, 0.3) is 0 Å². The van der Waals surface area contributed by atoms with E-state index >= 15 is 0 Å². The molecule has 116 valence electrons. The van der Waals surface area contributed by atoms with E-state index in [1.807, 2.05) is 0 Å². The van der Waals surface area contributed by atoms with E-state index in [4.69, 9.17) is 5.11 Å². The molecular weight excluding hydrogens is 343 g/mol. The molecule has 5 nitrogen and oxygen atoms in total. The first kappa shape index (κ1) is 17.4. The Morgan fingerprint density at radius 2 is 2.00 bits per heavy atom. The maximum absolute atomic E-state index is 14.0. The van der Waals surface area contributed by atoms with Crippen LogP contribution in [0.3, 0.4) is 0 Å². The highest BCUT2D eigenvalue weighted by atomic mass is 79.9. The molecule has 0 heterocycles. The zero-order valence-corrected chi connectivity index (χ0v) is 13.7. The molecule has 0 saturated carbocycles. The van der Waals surface area contributed by atoms with Crippen LogP contribution < -0.4 is 10.6 Å². The highest BCUT2D eigenvalue weighted by Crippen LogP contribution is 2.25. The highest BCUT2D eigenvalue weighted by molar-refractivity contribution is 9.10. The third-order valence-corrected chi connectivity index (χ3v) is 3.84. The third-order valence-electron chi connectivity index (χ3n) is 2.98. The molecule has 1 aromatic carbocycles. The van der Waals surface area contributed by atoms with Gasteiger partial charge in [-0.1, -0.05) is 15.9 Å². The van der Waals surface area contributed by atoms with Crippen LogP contribution in [0.4, 0.5) is 14.9 Å². The number of rotatable bonds is 5. The zero-order chi connectivity index (χ0) is 16.2. The molecule has 3 N–H and O–H groups in total. The number of hydrogen-bond acceptors (Lipinski definition) is 2. The first-order chi connectivity index (χ1) is 9.62. The normalized spacial score (nSPS) is 11.1. The summed E-state index contributed by atoms with van der Waals surface area (Å²) in [5.41, 5.74) is -0.233. The van der Waals surface area contributed by atoms with E-state index in [2.05, 4.69) is 26.6 Å². The van der Waals surface area contributed by atoms with Gasteiger partial charge in [-0.25, -0.2) is 9.18 Å². The van der Waals surface area contributed by atoms with Crippen molar-refractivity contribution >= 4 is 33.6 Å². The lowest BCUT2D eigenvalue weighted by Gasteiger charge is -2.25. The molecule has 0 aliphatic carbocycles. The van der Waals surface area contributed by atoms with Crippen LogP contribution >= 0.6 is 15.9 Å². The Morgan fingerprint density at radius 1 is 1.38 bits per heavy atom. The van der Waals surface area contributed by atoms with Crippen LogP contribution in [-0.2, 0) is 4.79 Å². The van der Waals surface area contributed by atoms with Gasteiger partial charge in [0.2, 0.25) is 0 Å². The lowest BCUT2D eigenvalue weighted by atomic mass is 9.99. The monoisotopic (exact) mass is 360 g/mol. The molecule has 0 aromatic heterocycles. The Morgan fingerprint density at radius 3 is 2.57 bits per heavy atom. The van der Waals surface area contributed by atoms with Crippen molar-refractivity contribution in [2.45, 2.75) is 39.2 Å². The molecule has 0 saturated heterocycles. The Hall–Kier alpha value is -1.63. The quantitative estimate of drug-likeness (QED) is 0.749. The van der Waals surface area contributed by atoms with Crippen LogP contribution in [0.25, 0.3) is 0 Å². The first-order valence-corrected chi connectivity index (χ1v) is 7.17. The molecule has 0 unspecified atom stereocenters. The average molecular weight is 361 g/mol. The summed E-state index contributed by atoms with van der Waals surface area (Å²) in [4.78, 5) is 22.4. The molecule has 21 heavy (non-hydrogen) atoms. The highest BCUT2D eigenvalue weighted by Gasteiger charge is 2.22. The number of halogens is 2. The number of carbonyl (C=O) groups is 2. The first-order valence-electron chi connectivity index (χ1n) is 6.38. The molecule has 0 atom stereocenters. The van der Waals surface area contributed by atoms with Gasteiger partial charge in [-0.15, -0.1) is 0 Å². The van der Waals surface area contributed by atoms with Crippen molar-refractivity contribution in [1.82, 2.24) is 5.32 Å². The third kappa shape index (κ3) is 5.34. The number of carboxylic acid groups (broad SMARTS) is 1. The van der Waals surface area contributed by atoms with Crippen molar-refractivity contribution in [1.29, 1.82) is 0 Å². The lowest BCUT2D eigenvalue weighted by Crippen LogP contribution is -2.45. The van der Waals surface area contributed by atoms with Crippen molar-refractivity contribution in [3.63, 3.8) is 0 Å². The van der Waals surface area contributed by atoms with Gasteiger partial charge in [0, 0.05) is 22.0 Å². The Labute approximate surface area is 131 Å². The Balaban J connectivity index is 2.70. The van der Waals surface area contributed by atoms with Crippen LogP contribution in [0, 0.1) is 12.7 Å². The molecule has 0 spiro atoms. The fourth-order valence-corrected chi connectivity index (χ4v) is 2.01. The molecule has 0 radical (unpaired) electrons. The largest absolute Gasteiger partial charge is 0.481 e. The molecular formula is C14H18BrFN2O3. The van der Waals surface area contributed by atoms with Crippen molar-refractivity contribution in [3.8, 4) is 0 Å². The van der Waals surface area contributed by atoms with E-state index in [0.29, 0.717) is 10.0 Å². The number of carbonyl (C=O) groups excluding carboxylic acids is 1. The summed E-state index contributed by atoms with van der Waals surface area (Å²) in [6, 6.07) is 2.52. The minimum atomic E-state index is -0.931. The molecule has 1 rings (SSSR count). The van der Waals surface area contributed by atoms with Crippen LogP contribution in [0.5, 0.6) is 0 Å². The summed E-state index contributed by atoms with van der Waals surface area (Å²) in [7, 11) is 0. The van der Waals surface area contributed by atoms with E-state index in [-0.39, 0.29) is 18.5 Å². The zero-order valence-electron chi connectivity index (χ0n) is 12.1. The fraction of sp³-hybridized carbons (Fsp3) is 0.429. The second-order valence-electron chi connectivity index (χ2n) is 5.39. The van der Waals surface area contributed by atoms with Gasteiger partial charge >= 0.3 is 12.0 Å². The predicted octanol–water partition coefficient (Wildman–Crippen LogP) is 3.66. The van der Waals surface area contributed by atoms with Gasteiger partial charge < -0.3 is 15.7 Å². The lowest BCUT2D eigenvalue weighted by molar-refractivity contribution is -0.137. The number of urea groups is 1. The van der Waals surface area contributed by atoms with Gasteiger partial charge in [0.1, 0.15) is 0 Å². The SMILES string of the molecule is Cc1c(Br)ccc(NC(=O)NC(C)(C)CCC(=O)O)c1F. The predicted molar refractivity (Wildman–Crippen MR) is 81.9 cm³/mol. The van der Waals surface area contributed by atoms with Crippen molar-refractivity contribution in [2.24, 2.45) is 0 Å². The summed E-state index contributed by atoms with van der Waals surface area (Å²) < 4.78 is 14.6. The van der Waals surface area contributed by atoms with E-state index in [9.17, 15) is 14.0 Å². The topological polar surface area (TPSA) is 78.4 Å². The number of aliphatic carboxylic acids is 1. The summed E-state index contributed by atoms with van der Waals surface area (Å²) >= 11 is 3.21. The molecule has 2 amide bonds. The van der Waals surface area contributed by atoms with Gasteiger partial charge in [0.05, 0.1) is 5.69 Å². The Kier molecular flexibility index (Phi) is 5.71. The molecule has 1 aromatic rings. The van der Waals surface area contributed by atoms with Gasteiger partial charge in [0.15, 0.2) is 5.82 Å². The average Bonchev–Trinajstić information content (AvgIpc) is 2.37. The van der Waals surface area contributed by atoms with Crippen molar-refractivity contribution < 1.29 is 19.1 Å².